The van der Waals surface area contributed by atoms with E-state index in [1.54, 1.807) is 22.1 Å². The summed E-state index contributed by atoms with van der Waals surface area (Å²) in [5, 5.41) is 12.8. The monoisotopic (exact) mass is 385 g/mol. The topological polar surface area (TPSA) is 88.9 Å². The Kier molecular flexibility index (Phi) is 5.55. The summed E-state index contributed by atoms with van der Waals surface area (Å²) in [6.45, 7) is 5.94. The van der Waals surface area contributed by atoms with Gasteiger partial charge in [0.1, 0.15) is 0 Å². The largest absolute Gasteiger partial charge is 0.354 e. The molecule has 0 aromatic carbocycles. The zero-order valence-electron chi connectivity index (χ0n) is 15.9. The van der Waals surface area contributed by atoms with Crippen LogP contribution >= 0.6 is 11.3 Å². The Bertz CT molecular complexity index is 976. The first-order valence-electron chi connectivity index (χ1n) is 8.82. The minimum atomic E-state index is -0.228. The molecule has 8 heteroatoms. The molecular formula is C19H23N5O2S. The van der Waals surface area contributed by atoms with Crippen molar-refractivity contribution in [3.05, 3.63) is 34.8 Å². The lowest BCUT2D eigenvalue weighted by atomic mass is 10.1. The van der Waals surface area contributed by atoms with Crippen LogP contribution in [0.15, 0.2) is 23.6 Å². The highest BCUT2D eigenvalue weighted by molar-refractivity contribution is 7.13. The third kappa shape index (κ3) is 4.16. The van der Waals surface area contributed by atoms with Crippen LogP contribution in [0.25, 0.3) is 21.6 Å². The van der Waals surface area contributed by atoms with E-state index in [0.29, 0.717) is 11.2 Å². The first-order chi connectivity index (χ1) is 12.9. The fourth-order valence-corrected chi connectivity index (χ4v) is 3.64. The van der Waals surface area contributed by atoms with E-state index in [1.807, 2.05) is 45.3 Å². The van der Waals surface area contributed by atoms with E-state index < -0.39 is 0 Å². The van der Waals surface area contributed by atoms with Crippen LogP contribution in [0.4, 0.5) is 0 Å². The van der Waals surface area contributed by atoms with Crippen molar-refractivity contribution in [1.29, 1.82) is 0 Å². The summed E-state index contributed by atoms with van der Waals surface area (Å²) >= 11 is 1.57. The lowest BCUT2D eigenvalue weighted by Gasteiger charge is -2.10. The molecule has 0 radical (unpaired) electrons. The first kappa shape index (κ1) is 19.0. The van der Waals surface area contributed by atoms with Crippen LogP contribution in [-0.2, 0) is 11.8 Å². The maximum absolute atomic E-state index is 12.8. The van der Waals surface area contributed by atoms with Gasteiger partial charge in [-0.15, -0.1) is 11.3 Å². The van der Waals surface area contributed by atoms with E-state index in [2.05, 4.69) is 20.7 Å². The molecule has 3 aromatic rings. The second kappa shape index (κ2) is 7.87. The number of aromatic nitrogens is 3. The summed E-state index contributed by atoms with van der Waals surface area (Å²) in [6.07, 6.45) is 0.238. The number of fused-ring (bicyclic) bond motifs is 1. The quantitative estimate of drug-likeness (QED) is 0.683. The van der Waals surface area contributed by atoms with Crippen LogP contribution in [0.5, 0.6) is 0 Å². The summed E-state index contributed by atoms with van der Waals surface area (Å²) in [4.78, 5) is 30.3. The Morgan fingerprint density at radius 1 is 1.33 bits per heavy atom. The van der Waals surface area contributed by atoms with Gasteiger partial charge in [0, 0.05) is 26.1 Å². The van der Waals surface area contributed by atoms with Crippen LogP contribution < -0.4 is 10.6 Å². The SMILES string of the molecule is Cc1nn(C)c2nc(-c3cccs3)cc(C(=O)NCCC(=O)NC(C)C)c12. The number of hydrogen-bond donors (Lipinski definition) is 2. The van der Waals surface area contributed by atoms with E-state index in [9.17, 15) is 9.59 Å². The summed E-state index contributed by atoms with van der Waals surface area (Å²) < 4.78 is 1.69. The highest BCUT2D eigenvalue weighted by Crippen LogP contribution is 2.29. The van der Waals surface area contributed by atoms with Crippen molar-refractivity contribution in [3.8, 4) is 10.6 Å². The molecule has 0 spiro atoms. The Hall–Kier alpha value is -2.74. The van der Waals surface area contributed by atoms with Crippen LogP contribution in [0, 0.1) is 6.92 Å². The average molecular weight is 385 g/mol. The van der Waals surface area contributed by atoms with E-state index in [-0.39, 0.29) is 30.8 Å². The molecule has 27 heavy (non-hydrogen) atoms. The van der Waals surface area contributed by atoms with Crippen molar-refractivity contribution < 1.29 is 9.59 Å². The third-order valence-electron chi connectivity index (χ3n) is 4.07. The number of carbonyl (C=O) groups excluding carboxylic acids is 2. The maximum atomic E-state index is 12.8. The standard InChI is InChI=1S/C19H23N5O2S/c1-11(2)21-16(25)7-8-20-19(26)13-10-14(15-6-5-9-27-15)22-18-17(13)12(3)23-24(18)4/h5-6,9-11H,7-8H2,1-4H3,(H,20,26)(H,21,25). The van der Waals surface area contributed by atoms with Gasteiger partial charge in [0.05, 0.1) is 27.2 Å². The summed E-state index contributed by atoms with van der Waals surface area (Å²) in [5.41, 5.74) is 2.68. The van der Waals surface area contributed by atoms with E-state index in [4.69, 9.17) is 0 Å². The van der Waals surface area contributed by atoms with E-state index in [1.165, 1.54) is 0 Å². The second-order valence-electron chi connectivity index (χ2n) is 6.67. The number of amides is 2. The fourth-order valence-electron chi connectivity index (χ4n) is 2.95. The van der Waals surface area contributed by atoms with Gasteiger partial charge in [-0.3, -0.25) is 14.3 Å². The van der Waals surface area contributed by atoms with Crippen LogP contribution in [0.1, 0.15) is 36.3 Å². The number of hydrogen-bond acceptors (Lipinski definition) is 5. The van der Waals surface area contributed by atoms with Gasteiger partial charge < -0.3 is 10.6 Å². The summed E-state index contributed by atoms with van der Waals surface area (Å²) in [5.74, 6) is -0.310. The van der Waals surface area contributed by atoms with Crippen LogP contribution in [0.3, 0.4) is 0 Å². The van der Waals surface area contributed by atoms with Crippen LogP contribution in [-0.4, -0.2) is 39.2 Å². The van der Waals surface area contributed by atoms with Gasteiger partial charge in [-0.1, -0.05) is 6.07 Å². The molecule has 0 saturated carbocycles. The van der Waals surface area contributed by atoms with Crippen molar-refractivity contribution in [1.82, 2.24) is 25.4 Å². The molecule has 0 aliphatic heterocycles. The van der Waals surface area contributed by atoms with Gasteiger partial charge in [-0.25, -0.2) is 4.98 Å². The van der Waals surface area contributed by atoms with Gasteiger partial charge in [0.15, 0.2) is 5.65 Å². The molecule has 3 heterocycles. The minimum Gasteiger partial charge on any atom is -0.354 e. The van der Waals surface area contributed by atoms with Crippen LogP contribution in [0.2, 0.25) is 0 Å². The first-order valence-corrected chi connectivity index (χ1v) is 9.70. The predicted octanol–water partition coefficient (Wildman–Crippen LogP) is 2.65. The zero-order chi connectivity index (χ0) is 19.6. The molecule has 7 nitrogen and oxygen atoms in total. The molecule has 2 amide bonds. The number of carbonyl (C=O) groups is 2. The molecule has 0 fully saturated rings. The molecule has 3 aromatic heterocycles. The maximum Gasteiger partial charge on any atom is 0.252 e. The smallest absolute Gasteiger partial charge is 0.252 e. The molecule has 0 bridgehead atoms. The number of rotatable bonds is 6. The Balaban J connectivity index is 1.88. The minimum absolute atomic E-state index is 0.0815. The number of thiophene rings is 1. The summed E-state index contributed by atoms with van der Waals surface area (Å²) in [7, 11) is 1.82. The predicted molar refractivity (Wildman–Crippen MR) is 107 cm³/mol. The van der Waals surface area contributed by atoms with Gasteiger partial charge in [0.25, 0.3) is 5.91 Å². The van der Waals surface area contributed by atoms with Crippen molar-refractivity contribution >= 4 is 34.2 Å². The molecule has 0 unspecified atom stereocenters. The molecule has 2 N–H and O–H groups in total. The number of nitrogens with zero attached hydrogens (tertiary/aromatic N) is 3. The molecule has 142 valence electrons. The van der Waals surface area contributed by atoms with Gasteiger partial charge in [-0.2, -0.15) is 5.10 Å². The Labute approximate surface area is 161 Å². The van der Waals surface area contributed by atoms with Gasteiger partial charge in [0.2, 0.25) is 5.91 Å². The number of pyridine rings is 1. The molecule has 3 rings (SSSR count). The number of nitrogens with one attached hydrogen (secondary N) is 2. The normalized spacial score (nSPS) is 11.1. The summed E-state index contributed by atoms with van der Waals surface area (Å²) in [6, 6.07) is 5.80. The molecular weight excluding hydrogens is 362 g/mol. The van der Waals surface area contributed by atoms with E-state index >= 15 is 0 Å². The molecule has 0 saturated heterocycles. The van der Waals surface area contributed by atoms with Crippen molar-refractivity contribution in [2.24, 2.45) is 7.05 Å². The lowest BCUT2D eigenvalue weighted by Crippen LogP contribution is -2.34. The highest BCUT2D eigenvalue weighted by atomic mass is 32.1. The highest BCUT2D eigenvalue weighted by Gasteiger charge is 2.19. The van der Waals surface area contributed by atoms with Crippen molar-refractivity contribution in [3.63, 3.8) is 0 Å². The lowest BCUT2D eigenvalue weighted by molar-refractivity contribution is -0.121. The average Bonchev–Trinajstić information content (AvgIpc) is 3.22. The Morgan fingerprint density at radius 3 is 2.78 bits per heavy atom. The van der Waals surface area contributed by atoms with Crippen molar-refractivity contribution in [2.75, 3.05) is 6.54 Å². The number of aryl methyl sites for hydroxylation is 2. The molecule has 0 atom stereocenters. The van der Waals surface area contributed by atoms with Gasteiger partial charge >= 0.3 is 0 Å². The van der Waals surface area contributed by atoms with Crippen molar-refractivity contribution in [2.45, 2.75) is 33.2 Å². The van der Waals surface area contributed by atoms with E-state index in [0.717, 1.165) is 21.7 Å². The second-order valence-corrected chi connectivity index (χ2v) is 7.62. The Morgan fingerprint density at radius 2 is 2.11 bits per heavy atom. The van der Waals surface area contributed by atoms with Gasteiger partial charge in [-0.05, 0) is 38.3 Å². The fraction of sp³-hybridized carbons (Fsp3) is 0.368. The molecule has 0 aliphatic rings. The third-order valence-corrected chi connectivity index (χ3v) is 4.97. The molecule has 0 aliphatic carbocycles. The zero-order valence-corrected chi connectivity index (χ0v) is 16.7.